The van der Waals surface area contributed by atoms with E-state index in [1.165, 1.54) is 12.8 Å². The van der Waals surface area contributed by atoms with Crippen molar-refractivity contribution in [2.45, 2.75) is 47.0 Å². The first-order chi connectivity index (χ1) is 8.61. The fourth-order valence-electron chi connectivity index (χ4n) is 1.70. The number of aromatic nitrogens is 2. The minimum atomic E-state index is 0.725. The Morgan fingerprint density at radius 1 is 1.17 bits per heavy atom. The van der Waals surface area contributed by atoms with E-state index in [1.807, 2.05) is 13.0 Å². The Morgan fingerprint density at radius 2 is 1.94 bits per heavy atom. The van der Waals surface area contributed by atoms with Crippen molar-refractivity contribution in [2.75, 3.05) is 23.7 Å². The summed E-state index contributed by atoms with van der Waals surface area (Å²) in [5.74, 6) is 2.41. The third kappa shape index (κ3) is 5.84. The molecule has 0 atom stereocenters. The average molecular weight is 250 g/mol. The average Bonchev–Trinajstić information content (AvgIpc) is 2.31. The van der Waals surface area contributed by atoms with Gasteiger partial charge < -0.3 is 10.6 Å². The molecule has 102 valence electrons. The van der Waals surface area contributed by atoms with Crippen LogP contribution in [0.1, 0.15) is 45.7 Å². The Kier molecular flexibility index (Phi) is 6.47. The van der Waals surface area contributed by atoms with Crippen LogP contribution in [0.4, 0.5) is 11.8 Å². The quantitative estimate of drug-likeness (QED) is 0.694. The van der Waals surface area contributed by atoms with Gasteiger partial charge >= 0.3 is 0 Å². The van der Waals surface area contributed by atoms with Crippen LogP contribution in [-0.2, 0) is 0 Å². The lowest BCUT2D eigenvalue weighted by Gasteiger charge is -2.10. The fourth-order valence-corrected chi connectivity index (χ4v) is 1.70. The number of nitrogens with zero attached hydrogens (tertiary/aromatic N) is 2. The lowest BCUT2D eigenvalue weighted by atomic mass is 10.1. The van der Waals surface area contributed by atoms with E-state index in [9.17, 15) is 0 Å². The van der Waals surface area contributed by atoms with Crippen molar-refractivity contribution in [3.05, 3.63) is 11.8 Å². The van der Waals surface area contributed by atoms with Crippen molar-refractivity contribution >= 4 is 11.8 Å². The Hall–Kier alpha value is -1.32. The summed E-state index contributed by atoms with van der Waals surface area (Å²) in [4.78, 5) is 8.82. The van der Waals surface area contributed by atoms with Crippen LogP contribution in [0.2, 0.25) is 0 Å². The normalized spacial score (nSPS) is 10.7. The maximum atomic E-state index is 4.45. The minimum Gasteiger partial charge on any atom is -0.370 e. The van der Waals surface area contributed by atoms with E-state index in [4.69, 9.17) is 0 Å². The van der Waals surface area contributed by atoms with Gasteiger partial charge in [-0.3, -0.25) is 0 Å². The molecule has 0 amide bonds. The molecule has 2 N–H and O–H groups in total. The molecule has 0 unspecified atom stereocenters. The van der Waals surface area contributed by atoms with E-state index in [1.54, 1.807) is 0 Å². The van der Waals surface area contributed by atoms with E-state index in [-0.39, 0.29) is 0 Å². The van der Waals surface area contributed by atoms with Crippen LogP contribution in [0.25, 0.3) is 0 Å². The summed E-state index contributed by atoms with van der Waals surface area (Å²) in [5, 5.41) is 6.59. The molecule has 1 heterocycles. The molecule has 0 aliphatic heterocycles. The Bertz CT molecular complexity index is 350. The van der Waals surface area contributed by atoms with Crippen LogP contribution in [0.15, 0.2) is 6.07 Å². The number of rotatable bonds is 8. The summed E-state index contributed by atoms with van der Waals surface area (Å²) < 4.78 is 0. The monoisotopic (exact) mass is 250 g/mol. The first-order valence-corrected chi connectivity index (χ1v) is 6.95. The first-order valence-electron chi connectivity index (χ1n) is 6.95. The van der Waals surface area contributed by atoms with Crippen LogP contribution in [0, 0.1) is 12.8 Å². The predicted octanol–water partition coefficient (Wildman–Crippen LogP) is 3.46. The molecule has 0 saturated heterocycles. The largest absolute Gasteiger partial charge is 0.370 e. The molecule has 0 saturated carbocycles. The molecule has 0 aromatic carbocycles. The minimum absolute atomic E-state index is 0.725. The lowest BCUT2D eigenvalue weighted by Crippen LogP contribution is -2.09. The maximum absolute atomic E-state index is 4.45. The van der Waals surface area contributed by atoms with Crippen molar-refractivity contribution < 1.29 is 0 Å². The Balaban J connectivity index is 2.46. The highest BCUT2D eigenvalue weighted by molar-refractivity contribution is 5.41. The van der Waals surface area contributed by atoms with Gasteiger partial charge in [-0.2, -0.15) is 4.98 Å². The summed E-state index contributed by atoms with van der Waals surface area (Å²) >= 11 is 0. The maximum Gasteiger partial charge on any atom is 0.224 e. The number of anilines is 2. The van der Waals surface area contributed by atoms with Crippen LogP contribution in [-0.4, -0.2) is 23.1 Å². The summed E-state index contributed by atoms with van der Waals surface area (Å²) in [7, 11) is 0. The standard InChI is InChI=1S/C14H26N4/c1-5-8-16-14-17-12(4)10-13(18-14)15-9-6-7-11(2)3/h10-11H,5-9H2,1-4H3,(H2,15,16,17,18). The second-order valence-corrected chi connectivity index (χ2v) is 5.11. The van der Waals surface area contributed by atoms with Gasteiger partial charge in [-0.1, -0.05) is 20.8 Å². The SMILES string of the molecule is CCCNc1nc(C)cc(NCCCC(C)C)n1. The Morgan fingerprint density at radius 3 is 2.61 bits per heavy atom. The molecule has 0 aliphatic carbocycles. The molecule has 0 aliphatic rings. The Labute approximate surface area is 111 Å². The molecule has 0 spiro atoms. The van der Waals surface area contributed by atoms with Crippen LogP contribution in [0.3, 0.4) is 0 Å². The van der Waals surface area contributed by atoms with Gasteiger partial charge in [0.05, 0.1) is 0 Å². The topological polar surface area (TPSA) is 49.8 Å². The molecule has 1 aromatic rings. The van der Waals surface area contributed by atoms with Crippen LogP contribution in [0.5, 0.6) is 0 Å². The van der Waals surface area contributed by atoms with Gasteiger partial charge in [0, 0.05) is 24.8 Å². The van der Waals surface area contributed by atoms with E-state index in [0.717, 1.165) is 42.9 Å². The molecule has 0 bridgehead atoms. The van der Waals surface area contributed by atoms with Crippen molar-refractivity contribution in [3.8, 4) is 0 Å². The smallest absolute Gasteiger partial charge is 0.224 e. The molecular weight excluding hydrogens is 224 g/mol. The molecular formula is C14H26N4. The fraction of sp³-hybridized carbons (Fsp3) is 0.714. The van der Waals surface area contributed by atoms with Crippen molar-refractivity contribution in [1.82, 2.24) is 9.97 Å². The summed E-state index contributed by atoms with van der Waals surface area (Å²) in [6.07, 6.45) is 3.50. The highest BCUT2D eigenvalue weighted by Crippen LogP contribution is 2.10. The summed E-state index contributed by atoms with van der Waals surface area (Å²) in [5.41, 5.74) is 0.995. The molecule has 0 fully saturated rings. The second kappa shape index (κ2) is 7.90. The number of aryl methyl sites for hydroxylation is 1. The van der Waals surface area contributed by atoms with Gasteiger partial charge in [0.1, 0.15) is 5.82 Å². The third-order valence-corrected chi connectivity index (χ3v) is 2.65. The molecule has 4 heteroatoms. The molecule has 18 heavy (non-hydrogen) atoms. The predicted molar refractivity (Wildman–Crippen MR) is 78.1 cm³/mol. The van der Waals surface area contributed by atoms with Gasteiger partial charge in [0.15, 0.2) is 0 Å². The highest BCUT2D eigenvalue weighted by atomic mass is 15.1. The first kappa shape index (κ1) is 14.7. The van der Waals surface area contributed by atoms with Gasteiger partial charge in [0.2, 0.25) is 5.95 Å². The third-order valence-electron chi connectivity index (χ3n) is 2.65. The van der Waals surface area contributed by atoms with Gasteiger partial charge in [-0.25, -0.2) is 4.98 Å². The summed E-state index contributed by atoms with van der Waals surface area (Å²) in [6, 6.07) is 1.99. The number of nitrogens with one attached hydrogen (secondary N) is 2. The van der Waals surface area contributed by atoms with Gasteiger partial charge in [0.25, 0.3) is 0 Å². The van der Waals surface area contributed by atoms with Crippen LogP contribution < -0.4 is 10.6 Å². The van der Waals surface area contributed by atoms with Crippen molar-refractivity contribution in [2.24, 2.45) is 5.92 Å². The summed E-state index contributed by atoms with van der Waals surface area (Å²) in [6.45, 7) is 10.5. The highest BCUT2D eigenvalue weighted by Gasteiger charge is 2.01. The zero-order valence-corrected chi connectivity index (χ0v) is 12.1. The number of hydrogen-bond acceptors (Lipinski definition) is 4. The lowest BCUT2D eigenvalue weighted by molar-refractivity contribution is 0.566. The molecule has 1 aromatic heterocycles. The molecule has 0 radical (unpaired) electrons. The van der Waals surface area contributed by atoms with E-state index in [2.05, 4.69) is 41.4 Å². The zero-order valence-electron chi connectivity index (χ0n) is 12.1. The van der Waals surface area contributed by atoms with E-state index >= 15 is 0 Å². The number of hydrogen-bond donors (Lipinski definition) is 2. The van der Waals surface area contributed by atoms with Crippen LogP contribution >= 0.6 is 0 Å². The molecule has 1 rings (SSSR count). The van der Waals surface area contributed by atoms with Crippen molar-refractivity contribution in [1.29, 1.82) is 0 Å². The second-order valence-electron chi connectivity index (χ2n) is 5.11. The zero-order chi connectivity index (χ0) is 13.4. The van der Waals surface area contributed by atoms with E-state index < -0.39 is 0 Å². The molecule has 4 nitrogen and oxygen atoms in total. The van der Waals surface area contributed by atoms with Crippen molar-refractivity contribution in [3.63, 3.8) is 0 Å². The van der Waals surface area contributed by atoms with Gasteiger partial charge in [-0.05, 0) is 32.1 Å². The van der Waals surface area contributed by atoms with Gasteiger partial charge in [-0.15, -0.1) is 0 Å². The van der Waals surface area contributed by atoms with E-state index in [0.29, 0.717) is 0 Å².